The zero-order valence-electron chi connectivity index (χ0n) is 11.4. The maximum atomic E-state index is 11.8. The highest BCUT2D eigenvalue weighted by molar-refractivity contribution is 5.92. The second-order valence-electron chi connectivity index (χ2n) is 4.86. The molecule has 0 radical (unpaired) electrons. The fourth-order valence-electron chi connectivity index (χ4n) is 2.60. The molecule has 0 aliphatic carbocycles. The number of nitrogens with one attached hydrogen (secondary N) is 2. The van der Waals surface area contributed by atoms with Crippen LogP contribution < -0.4 is 5.69 Å². The van der Waals surface area contributed by atoms with Gasteiger partial charge in [-0.2, -0.15) is 0 Å². The van der Waals surface area contributed by atoms with Gasteiger partial charge in [0.05, 0.1) is 22.1 Å². The molecule has 4 aromatic rings. The van der Waals surface area contributed by atoms with Crippen LogP contribution in [0.3, 0.4) is 0 Å². The Hall–Kier alpha value is -2.89. The van der Waals surface area contributed by atoms with E-state index >= 15 is 0 Å². The minimum absolute atomic E-state index is 0.0925. The second-order valence-corrected chi connectivity index (χ2v) is 4.86. The molecule has 0 atom stereocenters. The third-order valence-corrected chi connectivity index (χ3v) is 3.60. The highest BCUT2D eigenvalue weighted by atomic mass is 16.1. The minimum atomic E-state index is -0.0925. The largest absolute Gasteiger partial charge is 0.337 e. The van der Waals surface area contributed by atoms with Crippen molar-refractivity contribution in [3.05, 3.63) is 47.0 Å². The van der Waals surface area contributed by atoms with Gasteiger partial charge in [0.1, 0.15) is 5.69 Å². The van der Waals surface area contributed by atoms with E-state index in [4.69, 9.17) is 0 Å². The third-order valence-electron chi connectivity index (χ3n) is 3.60. The Bertz CT molecular complexity index is 993. The quantitative estimate of drug-likeness (QED) is 0.591. The van der Waals surface area contributed by atoms with E-state index in [1.54, 1.807) is 10.8 Å². The second kappa shape index (κ2) is 4.31. The lowest BCUT2D eigenvalue weighted by Crippen LogP contribution is -2.14. The van der Waals surface area contributed by atoms with Crippen molar-refractivity contribution in [1.82, 2.24) is 24.5 Å². The zero-order chi connectivity index (χ0) is 14.4. The van der Waals surface area contributed by atoms with E-state index in [9.17, 15) is 4.79 Å². The SMILES string of the molecule is CCn1c(=O)[nH]c2cc3[nH]c(-c4ccccn4)nc3cc21. The Labute approximate surface area is 119 Å². The molecule has 0 bridgehead atoms. The van der Waals surface area contributed by atoms with Gasteiger partial charge in [0.15, 0.2) is 5.82 Å². The summed E-state index contributed by atoms with van der Waals surface area (Å²) in [5.74, 6) is 0.726. The van der Waals surface area contributed by atoms with Crippen molar-refractivity contribution in [2.45, 2.75) is 13.5 Å². The van der Waals surface area contributed by atoms with Gasteiger partial charge in [0, 0.05) is 12.7 Å². The molecule has 1 aromatic carbocycles. The van der Waals surface area contributed by atoms with Gasteiger partial charge in [-0.15, -0.1) is 0 Å². The first kappa shape index (κ1) is 11.9. The maximum Gasteiger partial charge on any atom is 0.326 e. The van der Waals surface area contributed by atoms with Crippen LogP contribution in [-0.4, -0.2) is 24.5 Å². The van der Waals surface area contributed by atoms with Gasteiger partial charge in [-0.25, -0.2) is 9.78 Å². The Kier molecular flexibility index (Phi) is 2.44. The Morgan fingerprint density at radius 1 is 1.19 bits per heavy atom. The lowest BCUT2D eigenvalue weighted by Gasteiger charge is -1.96. The number of nitrogens with zero attached hydrogens (tertiary/aromatic N) is 3. The van der Waals surface area contributed by atoms with Crippen molar-refractivity contribution in [2.24, 2.45) is 0 Å². The van der Waals surface area contributed by atoms with Gasteiger partial charge >= 0.3 is 5.69 Å². The van der Waals surface area contributed by atoms with E-state index in [0.717, 1.165) is 33.6 Å². The fourth-order valence-corrected chi connectivity index (χ4v) is 2.60. The monoisotopic (exact) mass is 279 g/mol. The molecule has 4 rings (SSSR count). The summed E-state index contributed by atoms with van der Waals surface area (Å²) in [5, 5.41) is 0. The van der Waals surface area contributed by atoms with Gasteiger partial charge < -0.3 is 9.97 Å². The molecule has 104 valence electrons. The lowest BCUT2D eigenvalue weighted by atomic mass is 10.2. The topological polar surface area (TPSA) is 79.4 Å². The number of imidazole rings is 2. The van der Waals surface area contributed by atoms with Crippen LogP contribution in [0.25, 0.3) is 33.6 Å². The Balaban J connectivity index is 1.98. The van der Waals surface area contributed by atoms with Crippen molar-refractivity contribution in [3.63, 3.8) is 0 Å². The number of H-pyrrole nitrogens is 2. The molecule has 3 heterocycles. The molecule has 3 aromatic heterocycles. The van der Waals surface area contributed by atoms with Crippen molar-refractivity contribution < 1.29 is 0 Å². The summed E-state index contributed by atoms with van der Waals surface area (Å²) >= 11 is 0. The molecule has 0 aliphatic heterocycles. The molecule has 2 N–H and O–H groups in total. The molecule has 0 saturated carbocycles. The molecular formula is C15H13N5O. The maximum absolute atomic E-state index is 11.8. The first-order valence-electron chi connectivity index (χ1n) is 6.80. The van der Waals surface area contributed by atoms with E-state index < -0.39 is 0 Å². The molecule has 6 nitrogen and oxygen atoms in total. The summed E-state index contributed by atoms with van der Waals surface area (Å²) < 4.78 is 1.70. The number of aryl methyl sites for hydroxylation is 1. The molecule has 0 amide bonds. The normalized spacial score (nSPS) is 11.5. The van der Waals surface area contributed by atoms with Crippen LogP contribution in [-0.2, 0) is 6.54 Å². The van der Waals surface area contributed by atoms with Crippen molar-refractivity contribution in [1.29, 1.82) is 0 Å². The first-order chi connectivity index (χ1) is 10.3. The number of fused-ring (bicyclic) bond motifs is 2. The molecule has 0 saturated heterocycles. The smallest absolute Gasteiger partial charge is 0.326 e. The summed E-state index contributed by atoms with van der Waals surface area (Å²) in [6, 6.07) is 9.54. The lowest BCUT2D eigenvalue weighted by molar-refractivity contribution is 0.753. The summed E-state index contributed by atoms with van der Waals surface area (Å²) in [7, 11) is 0. The number of aromatic amines is 2. The van der Waals surface area contributed by atoms with E-state index in [0.29, 0.717) is 6.54 Å². The van der Waals surface area contributed by atoms with Crippen molar-refractivity contribution in [3.8, 4) is 11.5 Å². The van der Waals surface area contributed by atoms with Crippen LogP contribution in [0.5, 0.6) is 0 Å². The number of aromatic nitrogens is 5. The molecule has 21 heavy (non-hydrogen) atoms. The fraction of sp³-hybridized carbons (Fsp3) is 0.133. The van der Waals surface area contributed by atoms with Gasteiger partial charge in [-0.05, 0) is 31.2 Å². The van der Waals surface area contributed by atoms with E-state index in [2.05, 4.69) is 19.9 Å². The zero-order valence-corrected chi connectivity index (χ0v) is 11.4. The molecule has 0 fully saturated rings. The highest BCUT2D eigenvalue weighted by Crippen LogP contribution is 2.22. The number of rotatable bonds is 2. The van der Waals surface area contributed by atoms with Crippen LogP contribution in [0.15, 0.2) is 41.3 Å². The molecule has 0 spiro atoms. The Morgan fingerprint density at radius 3 is 2.86 bits per heavy atom. The summed E-state index contributed by atoms with van der Waals surface area (Å²) in [6.45, 7) is 2.57. The minimum Gasteiger partial charge on any atom is -0.337 e. The number of hydrogen-bond acceptors (Lipinski definition) is 3. The van der Waals surface area contributed by atoms with Crippen LogP contribution in [0, 0.1) is 0 Å². The average molecular weight is 279 g/mol. The predicted octanol–water partition coefficient (Wildman–Crippen LogP) is 2.29. The molecule has 0 aliphatic rings. The number of benzene rings is 1. The third kappa shape index (κ3) is 1.76. The predicted molar refractivity (Wildman–Crippen MR) is 81.1 cm³/mol. The molecular weight excluding hydrogens is 266 g/mol. The van der Waals surface area contributed by atoms with Crippen LogP contribution in [0.4, 0.5) is 0 Å². The van der Waals surface area contributed by atoms with Crippen LogP contribution in [0.2, 0.25) is 0 Å². The summed E-state index contributed by atoms with van der Waals surface area (Å²) in [4.78, 5) is 26.8. The van der Waals surface area contributed by atoms with Gasteiger partial charge in [-0.1, -0.05) is 6.07 Å². The average Bonchev–Trinajstić information content (AvgIpc) is 3.04. The van der Waals surface area contributed by atoms with E-state index in [-0.39, 0.29) is 5.69 Å². The van der Waals surface area contributed by atoms with Gasteiger partial charge in [0.2, 0.25) is 0 Å². The van der Waals surface area contributed by atoms with E-state index in [1.165, 1.54) is 0 Å². The molecule has 0 unspecified atom stereocenters. The Morgan fingerprint density at radius 2 is 2.10 bits per heavy atom. The standard InChI is InChI=1S/C15H13N5O/c1-2-20-13-8-11-10(7-12(13)19-15(20)21)17-14(18-11)9-5-3-4-6-16-9/h3-8H,2H2,1H3,(H,17,18)(H,19,21). The van der Waals surface area contributed by atoms with Gasteiger partial charge in [0.25, 0.3) is 0 Å². The van der Waals surface area contributed by atoms with Crippen molar-refractivity contribution in [2.75, 3.05) is 0 Å². The number of pyridine rings is 1. The van der Waals surface area contributed by atoms with E-state index in [1.807, 2.05) is 37.3 Å². The summed E-state index contributed by atoms with van der Waals surface area (Å²) in [6.07, 6.45) is 1.74. The van der Waals surface area contributed by atoms with Gasteiger partial charge in [-0.3, -0.25) is 9.55 Å². The highest BCUT2D eigenvalue weighted by Gasteiger charge is 2.11. The molecule has 6 heteroatoms. The van der Waals surface area contributed by atoms with Crippen molar-refractivity contribution >= 4 is 22.1 Å². The van der Waals surface area contributed by atoms with Crippen LogP contribution in [0.1, 0.15) is 6.92 Å². The first-order valence-corrected chi connectivity index (χ1v) is 6.80. The summed E-state index contributed by atoms with van der Waals surface area (Å²) in [5.41, 5.74) is 4.09. The number of hydrogen-bond donors (Lipinski definition) is 2. The van der Waals surface area contributed by atoms with Crippen LogP contribution >= 0.6 is 0 Å².